The van der Waals surface area contributed by atoms with Gasteiger partial charge in [-0.25, -0.2) is 9.59 Å². The van der Waals surface area contributed by atoms with Crippen LogP contribution in [0.25, 0.3) is 0 Å². The van der Waals surface area contributed by atoms with Gasteiger partial charge in [0.2, 0.25) is 23.6 Å². The van der Waals surface area contributed by atoms with Crippen LogP contribution in [0, 0.1) is 0 Å². The van der Waals surface area contributed by atoms with Gasteiger partial charge in [-0.05, 0) is 6.92 Å². The van der Waals surface area contributed by atoms with E-state index in [9.17, 15) is 59.4 Å². The number of rotatable bonds is 10. The highest BCUT2D eigenvalue weighted by Crippen LogP contribution is 2.33. The highest BCUT2D eigenvalue weighted by Gasteiger charge is 2.57. The van der Waals surface area contributed by atoms with Crippen LogP contribution in [-0.2, 0) is 52.5 Å². The minimum absolute atomic E-state index is 0.669. The van der Waals surface area contributed by atoms with E-state index in [-0.39, 0.29) is 0 Å². The third-order valence-corrected chi connectivity index (χ3v) is 7.60. The molecule has 4 amide bonds. The Morgan fingerprint density at radius 2 is 0.957 bits per heavy atom. The molecule has 10 N–H and O–H groups in total. The number of ether oxygens (including phenoxy) is 5. The van der Waals surface area contributed by atoms with Gasteiger partial charge in [0.1, 0.15) is 48.6 Å². The van der Waals surface area contributed by atoms with Crippen molar-refractivity contribution in [2.24, 2.45) is 0 Å². The number of carbonyl (C=O) groups excluding carboxylic acids is 4. The van der Waals surface area contributed by atoms with Crippen LogP contribution in [0.3, 0.4) is 0 Å². The molecule has 15 atom stereocenters. The molecule has 3 heterocycles. The summed E-state index contributed by atoms with van der Waals surface area (Å²) in [6.07, 6.45) is -20.0. The van der Waals surface area contributed by atoms with Gasteiger partial charge in [0.25, 0.3) is 0 Å². The maximum absolute atomic E-state index is 12.6. The Hall–Kier alpha value is -3.54. The Morgan fingerprint density at radius 3 is 1.47 bits per heavy atom. The lowest BCUT2D eigenvalue weighted by Gasteiger charge is -2.50. The zero-order valence-corrected chi connectivity index (χ0v) is 25.8. The monoisotopic (exact) mass is 680 g/mol. The lowest BCUT2D eigenvalue weighted by Crippen LogP contribution is -2.74. The van der Waals surface area contributed by atoms with Crippen molar-refractivity contribution >= 4 is 35.6 Å². The number of hydrogen-bond acceptors (Lipinski definition) is 15. The zero-order chi connectivity index (χ0) is 35.5. The lowest BCUT2D eigenvalue weighted by molar-refractivity contribution is -0.329. The SMILES string of the molecule is CC(=O)N[C@@H]1[C@H](O[C@H]2[C@H](NC(C)=O)[C@H](NC(C)=O)[C@H](O[C@H]3[C@@H](O)[C@@H](C)OC(O)[C@@H]3NC(C)=O)O[C@@H]2C(=O)O)O[C@@H](C(=O)O)[C@@H](O)[C@@H]1O. The van der Waals surface area contributed by atoms with Crippen molar-refractivity contribution in [3.05, 3.63) is 0 Å². The predicted octanol–water partition coefficient (Wildman–Crippen LogP) is -5.79. The molecule has 3 aliphatic rings. The average Bonchev–Trinajstić information content (AvgIpc) is 2.94. The first kappa shape index (κ1) is 37.9. The van der Waals surface area contributed by atoms with E-state index < -0.39 is 127 Å². The van der Waals surface area contributed by atoms with E-state index in [1.54, 1.807) is 0 Å². The second-order valence-corrected chi connectivity index (χ2v) is 11.3. The molecule has 0 bridgehead atoms. The van der Waals surface area contributed by atoms with Gasteiger partial charge in [0, 0.05) is 27.7 Å². The topological polar surface area (TPSA) is 318 Å². The average molecular weight is 681 g/mol. The summed E-state index contributed by atoms with van der Waals surface area (Å²) in [6.45, 7) is 5.59. The molecule has 3 rings (SSSR count). The quantitative estimate of drug-likeness (QED) is 0.103. The van der Waals surface area contributed by atoms with Crippen molar-refractivity contribution in [2.75, 3.05) is 0 Å². The second kappa shape index (κ2) is 15.6. The fourth-order valence-corrected chi connectivity index (χ4v) is 5.60. The summed E-state index contributed by atoms with van der Waals surface area (Å²) in [7, 11) is 0. The number of aliphatic carboxylic acids is 2. The van der Waals surface area contributed by atoms with Crippen molar-refractivity contribution in [1.29, 1.82) is 0 Å². The normalized spacial score (nSPS) is 40.4. The minimum atomic E-state index is -2.14. The van der Waals surface area contributed by atoms with Gasteiger partial charge in [-0.15, -0.1) is 0 Å². The molecule has 3 saturated heterocycles. The lowest BCUT2D eigenvalue weighted by atomic mass is 9.91. The molecule has 21 heteroatoms. The largest absolute Gasteiger partial charge is 0.479 e. The first-order chi connectivity index (χ1) is 21.8. The van der Waals surface area contributed by atoms with E-state index in [0.29, 0.717) is 0 Å². The van der Waals surface area contributed by atoms with Crippen LogP contribution in [0.5, 0.6) is 0 Å². The van der Waals surface area contributed by atoms with Crippen LogP contribution >= 0.6 is 0 Å². The smallest absolute Gasteiger partial charge is 0.335 e. The first-order valence-corrected chi connectivity index (χ1v) is 14.4. The summed E-state index contributed by atoms with van der Waals surface area (Å²) in [4.78, 5) is 73.0. The molecular formula is C26H40N4O17. The molecule has 3 aliphatic heterocycles. The standard InChI is InChI=1S/C26H40N4O17/c1-6-15(35)18(14(24(42)43-6)30-10(5)34)44-25-12(28-8(3)32)11(27-7(2)31)19(21(47-25)23(40)41)45-26-13(29-9(4)33)16(36)17(37)20(46-26)22(38)39/h6,11-21,24-26,35-37,42H,1-5H3,(H,27,31)(H,28,32)(H,29,33)(H,30,34)(H,38,39)(H,40,41)/t6-,11-,12+,13+,14-,15+,16-,17+,18-,19+,20-,21+,24?,25-,26-/m1/s1. The fraction of sp³-hybridized carbons (Fsp3) is 0.769. The summed E-state index contributed by atoms with van der Waals surface area (Å²) in [5.74, 6) is -6.51. The number of nitrogens with one attached hydrogen (secondary N) is 4. The maximum atomic E-state index is 12.6. The van der Waals surface area contributed by atoms with Crippen LogP contribution in [0.15, 0.2) is 0 Å². The van der Waals surface area contributed by atoms with Crippen LogP contribution in [0.1, 0.15) is 34.6 Å². The highest BCUT2D eigenvalue weighted by molar-refractivity contribution is 5.77. The van der Waals surface area contributed by atoms with E-state index in [2.05, 4.69) is 21.3 Å². The first-order valence-electron chi connectivity index (χ1n) is 14.4. The van der Waals surface area contributed by atoms with Gasteiger partial charge in [-0.2, -0.15) is 0 Å². The zero-order valence-electron chi connectivity index (χ0n) is 25.8. The molecule has 3 fully saturated rings. The van der Waals surface area contributed by atoms with Gasteiger partial charge in [0.15, 0.2) is 31.1 Å². The van der Waals surface area contributed by atoms with Crippen molar-refractivity contribution in [1.82, 2.24) is 21.3 Å². The molecule has 1 unspecified atom stereocenters. The summed E-state index contributed by atoms with van der Waals surface area (Å²) < 4.78 is 28.1. The molecule has 21 nitrogen and oxygen atoms in total. The van der Waals surface area contributed by atoms with Crippen LogP contribution in [-0.4, -0.2) is 158 Å². The van der Waals surface area contributed by atoms with Crippen LogP contribution in [0.2, 0.25) is 0 Å². The number of amides is 4. The molecule has 0 aliphatic carbocycles. The number of hydrogen-bond donors (Lipinski definition) is 10. The number of aliphatic hydroxyl groups is 4. The molecule has 47 heavy (non-hydrogen) atoms. The minimum Gasteiger partial charge on any atom is -0.479 e. The number of carboxylic acid groups (broad SMARTS) is 2. The molecule has 0 spiro atoms. The van der Waals surface area contributed by atoms with Crippen LogP contribution in [0.4, 0.5) is 0 Å². The maximum Gasteiger partial charge on any atom is 0.335 e. The summed E-state index contributed by atoms with van der Waals surface area (Å²) in [5, 5.41) is 71.6. The fourth-order valence-electron chi connectivity index (χ4n) is 5.60. The molecule has 0 saturated carbocycles. The summed E-state index contributed by atoms with van der Waals surface area (Å²) in [6, 6.07) is -6.31. The van der Waals surface area contributed by atoms with Gasteiger partial charge in [-0.3, -0.25) is 19.2 Å². The van der Waals surface area contributed by atoms with Crippen molar-refractivity contribution in [3.8, 4) is 0 Å². The molecule has 0 aromatic heterocycles. The van der Waals surface area contributed by atoms with Gasteiger partial charge >= 0.3 is 11.9 Å². The molecule has 0 aromatic rings. The van der Waals surface area contributed by atoms with E-state index >= 15 is 0 Å². The second-order valence-electron chi connectivity index (χ2n) is 11.3. The highest BCUT2D eigenvalue weighted by atomic mass is 16.7. The predicted molar refractivity (Wildman–Crippen MR) is 147 cm³/mol. The van der Waals surface area contributed by atoms with Crippen molar-refractivity contribution in [2.45, 2.75) is 126 Å². The molecule has 0 aromatic carbocycles. The van der Waals surface area contributed by atoms with Gasteiger partial charge in [-0.1, -0.05) is 0 Å². The van der Waals surface area contributed by atoms with Crippen molar-refractivity contribution < 1.29 is 83.1 Å². The Bertz CT molecular complexity index is 1210. The van der Waals surface area contributed by atoms with E-state index in [1.165, 1.54) is 6.92 Å². The Kier molecular flexibility index (Phi) is 12.6. The van der Waals surface area contributed by atoms with Crippen LogP contribution < -0.4 is 21.3 Å². The van der Waals surface area contributed by atoms with E-state index in [4.69, 9.17) is 23.7 Å². The third-order valence-electron chi connectivity index (χ3n) is 7.60. The Morgan fingerprint density at radius 1 is 0.532 bits per heavy atom. The Labute approximate surface area is 266 Å². The van der Waals surface area contributed by atoms with Gasteiger partial charge in [0.05, 0.1) is 12.1 Å². The molecular weight excluding hydrogens is 640 g/mol. The third kappa shape index (κ3) is 8.88. The molecule has 0 radical (unpaired) electrons. The molecule has 266 valence electrons. The van der Waals surface area contributed by atoms with Crippen molar-refractivity contribution in [3.63, 3.8) is 0 Å². The summed E-state index contributed by atoms with van der Waals surface area (Å²) >= 11 is 0. The van der Waals surface area contributed by atoms with E-state index in [0.717, 1.165) is 27.7 Å². The Balaban J connectivity index is 2.09. The van der Waals surface area contributed by atoms with E-state index in [1.807, 2.05) is 0 Å². The number of aliphatic hydroxyl groups excluding tert-OH is 4. The summed E-state index contributed by atoms with van der Waals surface area (Å²) in [5.41, 5.74) is 0. The number of carbonyl (C=O) groups is 6. The number of carboxylic acids is 2. The van der Waals surface area contributed by atoms with Gasteiger partial charge < -0.3 is 75.6 Å².